The molecule has 0 radical (unpaired) electrons. The van der Waals surface area contributed by atoms with Gasteiger partial charge in [-0.1, -0.05) is 13.8 Å². The number of nitrogen functional groups attached to an aromatic ring is 1. The normalized spacial score (nSPS) is 11.6. The lowest BCUT2D eigenvalue weighted by atomic mass is 10.0. The molecule has 0 aliphatic carbocycles. The molecule has 5 nitrogen and oxygen atoms in total. The molecule has 0 atom stereocenters. The van der Waals surface area contributed by atoms with Crippen molar-refractivity contribution < 1.29 is 8.83 Å². The highest BCUT2D eigenvalue weighted by Gasteiger charge is 2.17. The highest BCUT2D eigenvalue weighted by Crippen LogP contribution is 2.32. The summed E-state index contributed by atoms with van der Waals surface area (Å²) in [6.07, 6.45) is 0. The van der Waals surface area contributed by atoms with E-state index in [9.17, 15) is 0 Å². The van der Waals surface area contributed by atoms with Crippen LogP contribution in [0.2, 0.25) is 0 Å². The van der Waals surface area contributed by atoms with Crippen molar-refractivity contribution in [1.29, 1.82) is 0 Å². The Morgan fingerprint density at radius 1 is 1.16 bits per heavy atom. The maximum atomic E-state index is 5.66. The summed E-state index contributed by atoms with van der Waals surface area (Å²) in [6, 6.07) is 5.96. The van der Waals surface area contributed by atoms with Crippen LogP contribution >= 0.6 is 0 Å². The zero-order valence-corrected chi connectivity index (χ0v) is 11.1. The third-order valence-corrected chi connectivity index (χ3v) is 2.96. The predicted octanol–water partition coefficient (Wildman–Crippen LogP) is 3.50. The number of nitrogens with zero attached hydrogens (tertiary/aromatic N) is 2. The average molecular weight is 257 g/mol. The van der Waals surface area contributed by atoms with E-state index in [1.807, 2.05) is 39.0 Å². The lowest BCUT2D eigenvalue weighted by molar-refractivity contribution is 0.500. The topological polar surface area (TPSA) is 78.1 Å². The van der Waals surface area contributed by atoms with Gasteiger partial charge in [-0.15, -0.1) is 0 Å². The van der Waals surface area contributed by atoms with Gasteiger partial charge in [0.15, 0.2) is 11.5 Å². The van der Waals surface area contributed by atoms with Gasteiger partial charge in [0, 0.05) is 18.4 Å². The highest BCUT2D eigenvalue weighted by atomic mass is 16.4. The lowest BCUT2D eigenvalue weighted by Crippen LogP contribution is -1.89. The molecular formula is C14H15N3O2. The summed E-state index contributed by atoms with van der Waals surface area (Å²) in [4.78, 5) is 8.59. The summed E-state index contributed by atoms with van der Waals surface area (Å²) in [7, 11) is 0. The van der Waals surface area contributed by atoms with Crippen molar-refractivity contribution in [2.75, 3.05) is 5.73 Å². The number of nitrogens with two attached hydrogens (primary N) is 1. The zero-order valence-electron chi connectivity index (χ0n) is 11.1. The second-order valence-electron chi connectivity index (χ2n) is 4.84. The van der Waals surface area contributed by atoms with Gasteiger partial charge in [0.2, 0.25) is 0 Å². The molecule has 2 N–H and O–H groups in total. The minimum atomic E-state index is 0.190. The number of oxazole rings is 2. The van der Waals surface area contributed by atoms with Gasteiger partial charge in [-0.05, 0) is 18.2 Å². The molecule has 0 aliphatic rings. The molecule has 2 heterocycles. The number of anilines is 1. The van der Waals surface area contributed by atoms with Gasteiger partial charge in [0.25, 0.3) is 6.01 Å². The number of rotatable bonds is 2. The first-order valence-electron chi connectivity index (χ1n) is 6.18. The van der Waals surface area contributed by atoms with Gasteiger partial charge in [-0.25, -0.2) is 4.98 Å². The second-order valence-corrected chi connectivity index (χ2v) is 4.84. The van der Waals surface area contributed by atoms with E-state index in [1.165, 1.54) is 0 Å². The van der Waals surface area contributed by atoms with Crippen LogP contribution in [0.4, 0.5) is 6.01 Å². The van der Waals surface area contributed by atoms with E-state index in [-0.39, 0.29) is 11.9 Å². The van der Waals surface area contributed by atoms with Crippen LogP contribution in [0.1, 0.15) is 31.4 Å². The molecule has 3 aromatic rings. The summed E-state index contributed by atoms with van der Waals surface area (Å²) in [5, 5.41) is 0. The first-order chi connectivity index (χ1) is 9.04. The Kier molecular flexibility index (Phi) is 2.55. The van der Waals surface area contributed by atoms with Crippen molar-refractivity contribution in [2.45, 2.75) is 26.7 Å². The predicted molar refractivity (Wildman–Crippen MR) is 72.7 cm³/mol. The molecule has 98 valence electrons. The van der Waals surface area contributed by atoms with Crippen molar-refractivity contribution >= 4 is 17.1 Å². The standard InChI is InChI=1S/C14H15N3O2/c1-7(2)13-12(17-14(15)19-13)9-4-5-11-10(6-9)16-8(3)18-11/h4-7H,1-3H3,(H2,15,17). The van der Waals surface area contributed by atoms with Crippen molar-refractivity contribution in [3.63, 3.8) is 0 Å². The van der Waals surface area contributed by atoms with Crippen molar-refractivity contribution in [3.8, 4) is 11.3 Å². The molecule has 0 amide bonds. The molecule has 0 saturated heterocycles. The Balaban J connectivity index is 2.18. The van der Waals surface area contributed by atoms with E-state index in [0.29, 0.717) is 5.89 Å². The number of hydrogen-bond acceptors (Lipinski definition) is 5. The maximum absolute atomic E-state index is 5.66. The third kappa shape index (κ3) is 1.97. The molecule has 2 aromatic heterocycles. The SMILES string of the molecule is Cc1nc2cc(-c3nc(N)oc3C(C)C)ccc2o1. The van der Waals surface area contributed by atoms with E-state index in [1.54, 1.807) is 0 Å². The molecule has 5 heteroatoms. The summed E-state index contributed by atoms with van der Waals surface area (Å²) in [6.45, 7) is 5.91. The van der Waals surface area contributed by atoms with Crippen LogP contribution in [-0.4, -0.2) is 9.97 Å². The van der Waals surface area contributed by atoms with E-state index in [4.69, 9.17) is 14.6 Å². The minimum Gasteiger partial charge on any atom is -0.441 e. The van der Waals surface area contributed by atoms with Crippen LogP contribution in [0.15, 0.2) is 27.0 Å². The molecule has 0 fully saturated rings. The Morgan fingerprint density at radius 3 is 2.68 bits per heavy atom. The fourth-order valence-corrected chi connectivity index (χ4v) is 2.14. The van der Waals surface area contributed by atoms with Crippen LogP contribution in [0.3, 0.4) is 0 Å². The second kappa shape index (κ2) is 4.12. The minimum absolute atomic E-state index is 0.190. The fourth-order valence-electron chi connectivity index (χ4n) is 2.14. The lowest BCUT2D eigenvalue weighted by Gasteiger charge is -2.03. The molecule has 3 rings (SSSR count). The molecule has 0 unspecified atom stereocenters. The summed E-state index contributed by atoms with van der Waals surface area (Å²) < 4.78 is 10.9. The summed E-state index contributed by atoms with van der Waals surface area (Å²) in [5.41, 5.74) is 8.95. The Bertz CT molecular complexity index is 740. The van der Waals surface area contributed by atoms with Crippen molar-refractivity contribution in [3.05, 3.63) is 29.9 Å². The van der Waals surface area contributed by atoms with Gasteiger partial charge in [-0.2, -0.15) is 4.98 Å². The first-order valence-corrected chi connectivity index (χ1v) is 6.18. The number of benzene rings is 1. The third-order valence-electron chi connectivity index (χ3n) is 2.96. The summed E-state index contributed by atoms with van der Waals surface area (Å²) >= 11 is 0. The monoisotopic (exact) mass is 257 g/mol. The van der Waals surface area contributed by atoms with Gasteiger partial charge >= 0.3 is 0 Å². The number of fused-ring (bicyclic) bond motifs is 1. The van der Waals surface area contributed by atoms with E-state index < -0.39 is 0 Å². The van der Waals surface area contributed by atoms with Crippen LogP contribution in [-0.2, 0) is 0 Å². The smallest absolute Gasteiger partial charge is 0.292 e. The Morgan fingerprint density at radius 2 is 1.95 bits per heavy atom. The average Bonchev–Trinajstić information content (AvgIpc) is 2.89. The van der Waals surface area contributed by atoms with Crippen molar-refractivity contribution in [2.24, 2.45) is 0 Å². The molecule has 0 aliphatic heterocycles. The summed E-state index contributed by atoms with van der Waals surface area (Å²) in [5.74, 6) is 1.66. The molecular weight excluding hydrogens is 242 g/mol. The maximum Gasteiger partial charge on any atom is 0.292 e. The Labute approximate surface area is 110 Å². The Hall–Kier alpha value is -2.30. The van der Waals surface area contributed by atoms with Crippen LogP contribution < -0.4 is 5.73 Å². The molecule has 0 bridgehead atoms. The van der Waals surface area contributed by atoms with E-state index in [2.05, 4.69) is 9.97 Å². The number of aryl methyl sites for hydroxylation is 1. The van der Waals surface area contributed by atoms with Gasteiger partial charge in [-0.3, -0.25) is 0 Å². The fraction of sp³-hybridized carbons (Fsp3) is 0.286. The zero-order chi connectivity index (χ0) is 13.6. The van der Waals surface area contributed by atoms with Crippen molar-refractivity contribution in [1.82, 2.24) is 9.97 Å². The highest BCUT2D eigenvalue weighted by molar-refractivity contribution is 5.80. The largest absolute Gasteiger partial charge is 0.441 e. The van der Waals surface area contributed by atoms with E-state index in [0.717, 1.165) is 28.1 Å². The molecule has 1 aromatic carbocycles. The van der Waals surface area contributed by atoms with Crippen LogP contribution in [0.5, 0.6) is 0 Å². The van der Waals surface area contributed by atoms with Crippen LogP contribution in [0, 0.1) is 6.92 Å². The van der Waals surface area contributed by atoms with Gasteiger partial charge < -0.3 is 14.6 Å². The van der Waals surface area contributed by atoms with Gasteiger partial charge in [0.1, 0.15) is 17.0 Å². The number of aromatic nitrogens is 2. The van der Waals surface area contributed by atoms with Crippen LogP contribution in [0.25, 0.3) is 22.4 Å². The first kappa shape index (κ1) is 11.8. The van der Waals surface area contributed by atoms with Gasteiger partial charge in [0.05, 0.1) is 0 Å². The molecule has 0 spiro atoms. The molecule has 19 heavy (non-hydrogen) atoms. The molecule has 0 saturated carbocycles. The quantitative estimate of drug-likeness (QED) is 0.760. The van der Waals surface area contributed by atoms with E-state index >= 15 is 0 Å². The number of hydrogen-bond donors (Lipinski definition) is 1.